The standard InChI is InChI=1S/C30H41ClN2O4/c1-18(2)12-20-4-6-23(7-5-20)30-28(22-8-9-22)29(33-37-30)24(10-11-27(35)36)16-26(34)32-17-21-13-19(3)14-25(31)15-21/h13-15,18,20,22-24H,4-12,16-17H2,1-3H3,(H,32,34)(H,35,36). The average Bonchev–Trinajstić information content (AvgIpc) is 3.58. The summed E-state index contributed by atoms with van der Waals surface area (Å²) in [5, 5.41) is 17.5. The van der Waals surface area contributed by atoms with Crippen LogP contribution in [0.5, 0.6) is 0 Å². The van der Waals surface area contributed by atoms with Crippen LogP contribution in [0.1, 0.15) is 124 Å². The molecular formula is C30H41ClN2O4. The van der Waals surface area contributed by atoms with Crippen molar-refractivity contribution in [2.24, 2.45) is 11.8 Å². The number of carbonyl (C=O) groups is 2. The van der Waals surface area contributed by atoms with E-state index >= 15 is 0 Å². The molecule has 1 heterocycles. The Labute approximate surface area is 225 Å². The molecule has 0 radical (unpaired) electrons. The second-order valence-corrected chi connectivity index (χ2v) is 12.2. The van der Waals surface area contributed by atoms with Crippen molar-refractivity contribution in [1.29, 1.82) is 0 Å². The molecule has 2 aromatic rings. The lowest BCUT2D eigenvalue weighted by Crippen LogP contribution is -2.25. The minimum atomic E-state index is -0.861. The minimum absolute atomic E-state index is 0.00194. The van der Waals surface area contributed by atoms with Gasteiger partial charge in [0.1, 0.15) is 5.76 Å². The van der Waals surface area contributed by atoms with E-state index in [4.69, 9.17) is 16.1 Å². The first kappa shape index (κ1) is 27.7. The summed E-state index contributed by atoms with van der Waals surface area (Å²) in [4.78, 5) is 24.4. The lowest BCUT2D eigenvalue weighted by atomic mass is 9.76. The largest absolute Gasteiger partial charge is 0.481 e. The molecule has 2 N–H and O–H groups in total. The van der Waals surface area contributed by atoms with Crippen LogP contribution in [0.3, 0.4) is 0 Å². The lowest BCUT2D eigenvalue weighted by molar-refractivity contribution is -0.137. The van der Waals surface area contributed by atoms with Crippen molar-refractivity contribution in [3.05, 3.63) is 51.4 Å². The van der Waals surface area contributed by atoms with Gasteiger partial charge in [-0.3, -0.25) is 9.59 Å². The van der Waals surface area contributed by atoms with Crippen LogP contribution < -0.4 is 5.32 Å². The van der Waals surface area contributed by atoms with Gasteiger partial charge in [0.2, 0.25) is 5.91 Å². The predicted octanol–water partition coefficient (Wildman–Crippen LogP) is 7.49. The van der Waals surface area contributed by atoms with E-state index in [1.165, 1.54) is 24.8 Å². The first-order valence-electron chi connectivity index (χ1n) is 13.9. The Balaban J connectivity index is 1.47. The molecule has 1 unspecified atom stereocenters. The van der Waals surface area contributed by atoms with Crippen LogP contribution in [0.25, 0.3) is 0 Å². The van der Waals surface area contributed by atoms with E-state index in [0.717, 1.165) is 60.1 Å². The highest BCUT2D eigenvalue weighted by atomic mass is 35.5. The number of aromatic nitrogens is 1. The third-order valence-electron chi connectivity index (χ3n) is 7.91. The zero-order chi connectivity index (χ0) is 26.5. The van der Waals surface area contributed by atoms with Gasteiger partial charge in [0.05, 0.1) is 5.69 Å². The molecule has 2 aliphatic rings. The molecule has 2 aliphatic carbocycles. The summed E-state index contributed by atoms with van der Waals surface area (Å²) >= 11 is 6.16. The van der Waals surface area contributed by atoms with Gasteiger partial charge in [-0.05, 0) is 99.3 Å². The first-order valence-corrected chi connectivity index (χ1v) is 14.3. The second kappa shape index (κ2) is 12.5. The molecule has 37 heavy (non-hydrogen) atoms. The number of nitrogens with one attached hydrogen (secondary N) is 1. The summed E-state index contributed by atoms with van der Waals surface area (Å²) in [6, 6.07) is 5.73. The number of amides is 1. The van der Waals surface area contributed by atoms with E-state index in [0.29, 0.717) is 29.8 Å². The second-order valence-electron chi connectivity index (χ2n) is 11.7. The normalized spacial score (nSPS) is 20.7. The van der Waals surface area contributed by atoms with Crippen molar-refractivity contribution in [2.45, 2.75) is 109 Å². The van der Waals surface area contributed by atoms with Gasteiger partial charge in [0, 0.05) is 41.8 Å². The summed E-state index contributed by atoms with van der Waals surface area (Å²) in [6.07, 6.45) is 8.73. The van der Waals surface area contributed by atoms with Gasteiger partial charge < -0.3 is 14.9 Å². The van der Waals surface area contributed by atoms with Crippen molar-refractivity contribution in [3.8, 4) is 0 Å². The van der Waals surface area contributed by atoms with Gasteiger partial charge >= 0.3 is 5.97 Å². The maximum Gasteiger partial charge on any atom is 0.303 e. The third kappa shape index (κ3) is 7.83. The Kier molecular flexibility index (Phi) is 9.33. The zero-order valence-corrected chi connectivity index (χ0v) is 23.2. The molecule has 7 heteroatoms. The Bertz CT molecular complexity index is 1060. The summed E-state index contributed by atoms with van der Waals surface area (Å²) in [5.74, 6) is 2.07. The smallest absolute Gasteiger partial charge is 0.303 e. The van der Waals surface area contributed by atoms with Crippen LogP contribution in [-0.2, 0) is 16.1 Å². The summed E-state index contributed by atoms with van der Waals surface area (Å²) < 4.78 is 6.03. The molecule has 0 spiro atoms. The predicted molar refractivity (Wildman–Crippen MR) is 145 cm³/mol. The van der Waals surface area contributed by atoms with Gasteiger partial charge in [0.15, 0.2) is 0 Å². The Morgan fingerprint density at radius 1 is 1.11 bits per heavy atom. The summed E-state index contributed by atoms with van der Waals surface area (Å²) in [5.41, 5.74) is 3.98. The fourth-order valence-corrected chi connectivity index (χ4v) is 6.38. The van der Waals surface area contributed by atoms with Crippen LogP contribution in [0.2, 0.25) is 5.02 Å². The van der Waals surface area contributed by atoms with E-state index in [2.05, 4.69) is 24.3 Å². The molecule has 6 nitrogen and oxygen atoms in total. The van der Waals surface area contributed by atoms with Crippen LogP contribution in [-0.4, -0.2) is 22.1 Å². The Morgan fingerprint density at radius 3 is 2.43 bits per heavy atom. The van der Waals surface area contributed by atoms with Crippen molar-refractivity contribution in [2.75, 3.05) is 0 Å². The Hall–Kier alpha value is -2.34. The molecule has 1 aromatic heterocycles. The number of carbonyl (C=O) groups excluding carboxylic acids is 1. The number of carboxylic acid groups (broad SMARTS) is 1. The molecule has 1 amide bonds. The molecule has 1 atom stereocenters. The number of hydrogen-bond donors (Lipinski definition) is 2. The van der Waals surface area contributed by atoms with E-state index in [9.17, 15) is 14.7 Å². The molecule has 0 aliphatic heterocycles. The highest BCUT2D eigenvalue weighted by Gasteiger charge is 2.38. The average molecular weight is 529 g/mol. The summed E-state index contributed by atoms with van der Waals surface area (Å²) in [7, 11) is 0. The van der Waals surface area contributed by atoms with E-state index in [-0.39, 0.29) is 24.7 Å². The number of benzene rings is 1. The number of carboxylic acids is 1. The van der Waals surface area contributed by atoms with Gasteiger partial charge in [-0.15, -0.1) is 0 Å². The van der Waals surface area contributed by atoms with Gasteiger partial charge in [-0.1, -0.05) is 36.7 Å². The number of rotatable bonds is 12. The fourth-order valence-electron chi connectivity index (χ4n) is 6.07. The molecular weight excluding hydrogens is 488 g/mol. The Morgan fingerprint density at radius 2 is 1.81 bits per heavy atom. The lowest BCUT2D eigenvalue weighted by Gasteiger charge is -2.28. The van der Waals surface area contributed by atoms with E-state index < -0.39 is 5.97 Å². The molecule has 2 fully saturated rings. The monoisotopic (exact) mass is 528 g/mol. The number of halogens is 1. The number of nitrogens with zero attached hydrogens (tertiary/aromatic N) is 1. The van der Waals surface area contributed by atoms with Crippen molar-refractivity contribution >= 4 is 23.5 Å². The SMILES string of the molecule is Cc1cc(Cl)cc(CNC(=O)CC(CCC(=O)O)c2noc(C3CCC(CC(C)C)CC3)c2C2CC2)c1. The highest BCUT2D eigenvalue weighted by molar-refractivity contribution is 6.30. The van der Waals surface area contributed by atoms with Gasteiger partial charge in [-0.25, -0.2) is 0 Å². The maximum atomic E-state index is 13.0. The van der Waals surface area contributed by atoms with Gasteiger partial charge in [-0.2, -0.15) is 0 Å². The summed E-state index contributed by atoms with van der Waals surface area (Å²) in [6.45, 7) is 6.94. The highest BCUT2D eigenvalue weighted by Crippen LogP contribution is 2.50. The number of hydrogen-bond acceptors (Lipinski definition) is 4. The van der Waals surface area contributed by atoms with Crippen molar-refractivity contribution in [3.63, 3.8) is 0 Å². The fraction of sp³-hybridized carbons (Fsp3) is 0.633. The quantitative estimate of drug-likeness (QED) is 0.297. The molecule has 0 bridgehead atoms. The first-order chi connectivity index (χ1) is 17.7. The van der Waals surface area contributed by atoms with Crippen molar-refractivity contribution in [1.82, 2.24) is 10.5 Å². The molecule has 2 saturated carbocycles. The number of aliphatic carboxylic acids is 1. The molecule has 0 saturated heterocycles. The third-order valence-corrected chi connectivity index (χ3v) is 8.13. The molecule has 1 aromatic carbocycles. The molecule has 4 rings (SSSR count). The van der Waals surface area contributed by atoms with Gasteiger partial charge in [0.25, 0.3) is 0 Å². The van der Waals surface area contributed by atoms with Crippen LogP contribution in [0.4, 0.5) is 0 Å². The van der Waals surface area contributed by atoms with E-state index in [1.807, 2.05) is 25.1 Å². The minimum Gasteiger partial charge on any atom is -0.481 e. The zero-order valence-electron chi connectivity index (χ0n) is 22.4. The maximum absolute atomic E-state index is 13.0. The van der Waals surface area contributed by atoms with Crippen LogP contribution >= 0.6 is 11.6 Å². The van der Waals surface area contributed by atoms with E-state index in [1.54, 1.807) is 0 Å². The topological polar surface area (TPSA) is 92.4 Å². The van der Waals surface area contributed by atoms with Crippen molar-refractivity contribution < 1.29 is 19.2 Å². The number of aryl methyl sites for hydroxylation is 1. The molecule has 202 valence electrons. The van der Waals surface area contributed by atoms with Crippen LogP contribution in [0, 0.1) is 18.8 Å². The van der Waals surface area contributed by atoms with Crippen LogP contribution in [0.15, 0.2) is 22.7 Å².